The maximum atomic E-state index is 11.8. The smallest absolute Gasteiger partial charge is 0.334 e. The molecule has 0 radical (unpaired) electrons. The molecule has 10 heteroatoms. The zero-order chi connectivity index (χ0) is 12.8. The summed E-state index contributed by atoms with van der Waals surface area (Å²) >= 11 is 0. The Morgan fingerprint density at radius 1 is 0.812 bits per heavy atom. The van der Waals surface area contributed by atoms with Crippen LogP contribution >= 0.6 is 0 Å². The zero-order valence-corrected chi connectivity index (χ0v) is 7.57. The van der Waals surface area contributed by atoms with E-state index in [4.69, 9.17) is 0 Å². The van der Waals surface area contributed by atoms with E-state index in [-0.39, 0.29) is 0 Å². The van der Waals surface area contributed by atoms with Crippen LogP contribution in [0.5, 0.6) is 0 Å². The molecule has 0 amide bonds. The lowest BCUT2D eigenvalue weighted by Gasteiger charge is -2.22. The van der Waals surface area contributed by atoms with Gasteiger partial charge < -0.3 is 14.2 Å². The predicted molar refractivity (Wildman–Crippen MR) is 34.9 cm³/mol. The molecule has 0 atom stereocenters. The van der Waals surface area contributed by atoms with Crippen LogP contribution in [0.3, 0.4) is 0 Å². The second kappa shape index (κ2) is 6.21. The average molecular weight is 260 g/mol. The number of halogens is 7. The molecule has 0 aromatic heterocycles. The second-order valence-electron chi connectivity index (χ2n) is 2.38. The van der Waals surface area contributed by atoms with E-state index >= 15 is 0 Å². The fraction of sp³-hybridized carbons (Fsp3) is 1.00. The lowest BCUT2D eigenvalue weighted by Crippen LogP contribution is -2.44. The summed E-state index contributed by atoms with van der Waals surface area (Å²) in [5.74, 6) is 0. The van der Waals surface area contributed by atoms with Gasteiger partial charge in [0.25, 0.3) is 6.10 Å². The molecule has 0 unspecified atom stereocenters. The zero-order valence-electron chi connectivity index (χ0n) is 7.57. The first kappa shape index (κ1) is 15.4. The van der Waals surface area contributed by atoms with Gasteiger partial charge in [0.2, 0.25) is 0 Å². The molecule has 3 nitrogen and oxygen atoms in total. The summed E-state index contributed by atoms with van der Waals surface area (Å²) in [6.45, 7) is -3.40. The van der Waals surface area contributed by atoms with Gasteiger partial charge in [-0.2, -0.15) is 26.3 Å². The normalized spacial score (nSPS) is 13.5. The van der Waals surface area contributed by atoms with Crippen molar-refractivity contribution in [2.75, 3.05) is 20.4 Å². The van der Waals surface area contributed by atoms with Crippen LogP contribution in [0.25, 0.3) is 0 Å². The van der Waals surface area contributed by atoms with Crippen LogP contribution in [0, 0.1) is 0 Å². The lowest BCUT2D eigenvalue weighted by molar-refractivity contribution is -0.338. The predicted octanol–water partition coefficient (Wildman–Crippen LogP) is 2.37. The van der Waals surface area contributed by atoms with E-state index in [2.05, 4.69) is 14.2 Å². The standard InChI is InChI=1S/C6H7F7O3/c7-1-14-2-15-3-16-4(5(8,9)10)6(11,12)13/h4H,1-3H2. The number of hydrogen-bond donors (Lipinski definition) is 0. The topological polar surface area (TPSA) is 27.7 Å². The summed E-state index contributed by atoms with van der Waals surface area (Å²) in [4.78, 5) is 0. The highest BCUT2D eigenvalue weighted by Gasteiger charge is 2.58. The van der Waals surface area contributed by atoms with E-state index in [0.29, 0.717) is 0 Å². The molecule has 0 fully saturated rings. The van der Waals surface area contributed by atoms with Crippen LogP contribution in [0.2, 0.25) is 0 Å². The molecule has 0 aromatic carbocycles. The van der Waals surface area contributed by atoms with Gasteiger partial charge >= 0.3 is 12.4 Å². The molecule has 98 valence electrons. The lowest BCUT2D eigenvalue weighted by atomic mass is 10.3. The minimum atomic E-state index is -5.59. The highest BCUT2D eigenvalue weighted by Crippen LogP contribution is 2.35. The molecule has 0 aliphatic rings. The Balaban J connectivity index is 4.06. The third kappa shape index (κ3) is 6.08. The molecule has 0 aliphatic heterocycles. The minimum Gasteiger partial charge on any atom is -0.334 e. The molecule has 0 aromatic rings. The van der Waals surface area contributed by atoms with E-state index in [0.717, 1.165) is 0 Å². The molecule has 0 bridgehead atoms. The van der Waals surface area contributed by atoms with Gasteiger partial charge in [-0.15, -0.1) is 0 Å². The molecule has 16 heavy (non-hydrogen) atoms. The Bertz CT molecular complexity index is 176. The van der Waals surface area contributed by atoms with E-state index in [1.165, 1.54) is 0 Å². The summed E-state index contributed by atoms with van der Waals surface area (Å²) in [5.41, 5.74) is 0. The monoisotopic (exact) mass is 260 g/mol. The Labute approximate surface area is 85.1 Å². The number of hydrogen-bond acceptors (Lipinski definition) is 3. The molecule has 0 saturated heterocycles. The molecule has 0 saturated carbocycles. The summed E-state index contributed by atoms with van der Waals surface area (Å²) in [7, 11) is 0. The van der Waals surface area contributed by atoms with Gasteiger partial charge in [0.05, 0.1) is 0 Å². The SMILES string of the molecule is FCOCOCOC(C(F)(F)F)C(F)(F)F. The summed E-state index contributed by atoms with van der Waals surface area (Å²) in [5, 5.41) is 0. The first-order valence-electron chi connectivity index (χ1n) is 3.66. The number of ether oxygens (including phenoxy) is 3. The molecule has 0 aliphatic carbocycles. The van der Waals surface area contributed by atoms with Crippen molar-refractivity contribution in [1.29, 1.82) is 0 Å². The molecule has 0 N–H and O–H groups in total. The molecular weight excluding hydrogens is 253 g/mol. The van der Waals surface area contributed by atoms with Crippen molar-refractivity contribution in [3.63, 3.8) is 0 Å². The Kier molecular flexibility index (Phi) is 5.97. The van der Waals surface area contributed by atoms with Crippen molar-refractivity contribution in [1.82, 2.24) is 0 Å². The van der Waals surface area contributed by atoms with E-state index in [9.17, 15) is 30.7 Å². The first-order valence-corrected chi connectivity index (χ1v) is 3.66. The van der Waals surface area contributed by atoms with Crippen molar-refractivity contribution in [2.24, 2.45) is 0 Å². The largest absolute Gasteiger partial charge is 0.423 e. The number of rotatable bonds is 6. The van der Waals surface area contributed by atoms with Crippen molar-refractivity contribution in [3.05, 3.63) is 0 Å². The fourth-order valence-corrected chi connectivity index (χ4v) is 0.615. The van der Waals surface area contributed by atoms with Gasteiger partial charge in [0, 0.05) is 0 Å². The van der Waals surface area contributed by atoms with Crippen LogP contribution in [-0.2, 0) is 14.2 Å². The van der Waals surface area contributed by atoms with Gasteiger partial charge in [-0.3, -0.25) is 0 Å². The molecular formula is C6H7F7O3. The van der Waals surface area contributed by atoms with Gasteiger partial charge in [-0.05, 0) is 0 Å². The van der Waals surface area contributed by atoms with Gasteiger partial charge in [-0.25, -0.2) is 4.39 Å². The van der Waals surface area contributed by atoms with Crippen molar-refractivity contribution in [2.45, 2.75) is 18.5 Å². The third-order valence-electron chi connectivity index (χ3n) is 1.16. The number of alkyl halides is 7. The van der Waals surface area contributed by atoms with Gasteiger partial charge in [-0.1, -0.05) is 0 Å². The quantitative estimate of drug-likeness (QED) is 0.417. The third-order valence-corrected chi connectivity index (χ3v) is 1.16. The Hall–Kier alpha value is -0.610. The highest BCUT2D eigenvalue weighted by atomic mass is 19.4. The van der Waals surface area contributed by atoms with Crippen LogP contribution < -0.4 is 0 Å². The Morgan fingerprint density at radius 3 is 1.69 bits per heavy atom. The van der Waals surface area contributed by atoms with E-state index in [1.807, 2.05) is 0 Å². The Morgan fingerprint density at radius 2 is 1.31 bits per heavy atom. The molecule has 0 rings (SSSR count). The summed E-state index contributed by atoms with van der Waals surface area (Å²) in [6, 6.07) is 0. The van der Waals surface area contributed by atoms with E-state index < -0.39 is 38.9 Å². The first-order chi connectivity index (χ1) is 7.19. The maximum absolute atomic E-state index is 11.8. The van der Waals surface area contributed by atoms with Crippen molar-refractivity contribution in [3.8, 4) is 0 Å². The second-order valence-corrected chi connectivity index (χ2v) is 2.38. The average Bonchev–Trinajstić information content (AvgIpc) is 2.06. The maximum Gasteiger partial charge on any atom is 0.423 e. The fourth-order valence-electron chi connectivity index (χ4n) is 0.615. The van der Waals surface area contributed by atoms with Crippen molar-refractivity contribution < 1.29 is 44.9 Å². The van der Waals surface area contributed by atoms with E-state index in [1.54, 1.807) is 0 Å². The van der Waals surface area contributed by atoms with Crippen LogP contribution in [0.1, 0.15) is 0 Å². The highest BCUT2D eigenvalue weighted by molar-refractivity contribution is 4.75. The summed E-state index contributed by atoms with van der Waals surface area (Å²) in [6.07, 6.45) is -15.1. The minimum absolute atomic E-state index is 0.807. The van der Waals surface area contributed by atoms with Gasteiger partial charge in [0.15, 0.2) is 20.4 Å². The molecule has 0 heterocycles. The summed E-state index contributed by atoms with van der Waals surface area (Å²) < 4.78 is 93.4. The van der Waals surface area contributed by atoms with Crippen molar-refractivity contribution >= 4 is 0 Å². The van der Waals surface area contributed by atoms with Crippen LogP contribution in [-0.4, -0.2) is 38.9 Å². The molecule has 0 spiro atoms. The van der Waals surface area contributed by atoms with Crippen LogP contribution in [0.4, 0.5) is 30.7 Å². The van der Waals surface area contributed by atoms with Crippen LogP contribution in [0.15, 0.2) is 0 Å². The van der Waals surface area contributed by atoms with Gasteiger partial charge in [0.1, 0.15) is 0 Å².